The Balaban J connectivity index is 1.49. The third-order valence-electron chi connectivity index (χ3n) is 5.48. The molecule has 0 spiro atoms. The Kier molecular flexibility index (Phi) is 5.07. The smallest absolute Gasteiger partial charge is 0.255 e. The highest BCUT2D eigenvalue weighted by Crippen LogP contribution is 2.28. The normalized spacial score (nSPS) is 19.3. The number of piperidine rings is 1. The van der Waals surface area contributed by atoms with E-state index in [2.05, 4.69) is 10.6 Å². The van der Waals surface area contributed by atoms with Crippen LogP contribution in [0.15, 0.2) is 42.5 Å². The van der Waals surface area contributed by atoms with Gasteiger partial charge in [-0.3, -0.25) is 24.5 Å². The summed E-state index contributed by atoms with van der Waals surface area (Å²) < 4.78 is 13.4. The Morgan fingerprint density at radius 3 is 2.73 bits per heavy atom. The van der Waals surface area contributed by atoms with E-state index in [0.717, 1.165) is 0 Å². The minimum absolute atomic E-state index is 0.183. The number of hydrogen-bond donors (Lipinski definition) is 2. The maximum Gasteiger partial charge on any atom is 0.255 e. The van der Waals surface area contributed by atoms with Crippen molar-refractivity contribution in [2.75, 3.05) is 0 Å². The van der Waals surface area contributed by atoms with Gasteiger partial charge in [0.25, 0.3) is 11.8 Å². The largest absolute Gasteiger partial charge is 0.346 e. The quantitative estimate of drug-likeness (QED) is 0.756. The number of nitrogens with one attached hydrogen (secondary N) is 2. The molecule has 0 radical (unpaired) electrons. The standard InChI is InChI=1S/C22H20FN3O4/c1-12(13-3-2-4-16(23)10-13)24-20(28)14-5-6-17-15(9-14)11-26(22(17)30)18-7-8-19(27)25-21(18)29/h2-6,9-10,12,18H,7-8,11H2,1H3,(H,24,28)(H,25,27,29). The molecule has 1 saturated heterocycles. The van der Waals surface area contributed by atoms with Gasteiger partial charge in [0.05, 0.1) is 6.04 Å². The number of fused-ring (bicyclic) bond motifs is 1. The van der Waals surface area contributed by atoms with Crippen LogP contribution in [-0.4, -0.2) is 34.6 Å². The van der Waals surface area contributed by atoms with Gasteiger partial charge in [-0.15, -0.1) is 0 Å². The first-order valence-electron chi connectivity index (χ1n) is 9.67. The molecule has 0 bridgehead atoms. The topological polar surface area (TPSA) is 95.6 Å². The Labute approximate surface area is 172 Å². The fourth-order valence-corrected chi connectivity index (χ4v) is 3.85. The number of halogens is 1. The first-order chi connectivity index (χ1) is 14.3. The molecule has 2 atom stereocenters. The highest BCUT2D eigenvalue weighted by Gasteiger charge is 2.39. The van der Waals surface area contributed by atoms with Gasteiger partial charge in [-0.25, -0.2) is 4.39 Å². The summed E-state index contributed by atoms with van der Waals surface area (Å²) in [7, 11) is 0. The molecule has 2 aromatic rings. The average molecular weight is 409 g/mol. The van der Waals surface area contributed by atoms with Gasteiger partial charge in [0.1, 0.15) is 11.9 Å². The SMILES string of the molecule is CC(NC(=O)c1ccc2c(c1)CN(C1CCC(=O)NC1=O)C2=O)c1cccc(F)c1. The summed E-state index contributed by atoms with van der Waals surface area (Å²) in [5.74, 6) is -1.83. The molecule has 0 saturated carbocycles. The molecule has 8 heteroatoms. The molecular weight excluding hydrogens is 389 g/mol. The first kappa shape index (κ1) is 19.8. The first-order valence-corrected chi connectivity index (χ1v) is 9.67. The monoisotopic (exact) mass is 409 g/mol. The fourth-order valence-electron chi connectivity index (χ4n) is 3.85. The second kappa shape index (κ2) is 7.70. The summed E-state index contributed by atoms with van der Waals surface area (Å²) in [6.07, 6.45) is 0.463. The number of hydrogen-bond acceptors (Lipinski definition) is 4. The van der Waals surface area contributed by atoms with Crippen LogP contribution in [0.3, 0.4) is 0 Å². The lowest BCUT2D eigenvalue weighted by molar-refractivity contribution is -0.136. The molecule has 2 aliphatic heterocycles. The molecule has 2 aliphatic rings. The average Bonchev–Trinajstić information content (AvgIpc) is 3.03. The van der Waals surface area contributed by atoms with Crippen LogP contribution in [0, 0.1) is 5.82 Å². The number of amides is 4. The van der Waals surface area contributed by atoms with Crippen molar-refractivity contribution in [3.63, 3.8) is 0 Å². The molecule has 0 aromatic heterocycles. The molecule has 154 valence electrons. The molecule has 2 aromatic carbocycles. The minimum atomic E-state index is -0.701. The number of rotatable bonds is 4. The van der Waals surface area contributed by atoms with E-state index >= 15 is 0 Å². The van der Waals surface area contributed by atoms with E-state index in [4.69, 9.17) is 0 Å². The van der Waals surface area contributed by atoms with Gasteiger partial charge in [-0.2, -0.15) is 0 Å². The van der Waals surface area contributed by atoms with E-state index < -0.39 is 18.0 Å². The van der Waals surface area contributed by atoms with E-state index in [0.29, 0.717) is 22.3 Å². The number of benzene rings is 2. The van der Waals surface area contributed by atoms with Crippen LogP contribution in [0.2, 0.25) is 0 Å². The van der Waals surface area contributed by atoms with Crippen LogP contribution in [-0.2, 0) is 16.1 Å². The van der Waals surface area contributed by atoms with Gasteiger partial charge in [0, 0.05) is 24.1 Å². The zero-order valence-electron chi connectivity index (χ0n) is 16.3. The van der Waals surface area contributed by atoms with E-state index in [9.17, 15) is 23.6 Å². The van der Waals surface area contributed by atoms with E-state index in [1.807, 2.05) is 0 Å². The summed E-state index contributed by atoms with van der Waals surface area (Å²) in [5, 5.41) is 5.08. The summed E-state index contributed by atoms with van der Waals surface area (Å²) >= 11 is 0. The fraction of sp³-hybridized carbons (Fsp3) is 0.273. The lowest BCUT2D eigenvalue weighted by Crippen LogP contribution is -2.52. The van der Waals surface area contributed by atoms with E-state index in [-0.39, 0.29) is 42.9 Å². The van der Waals surface area contributed by atoms with Gasteiger partial charge in [-0.05, 0) is 54.8 Å². The third-order valence-corrected chi connectivity index (χ3v) is 5.48. The van der Waals surface area contributed by atoms with Crippen LogP contribution in [0.4, 0.5) is 4.39 Å². The number of carbonyl (C=O) groups excluding carboxylic acids is 4. The summed E-state index contributed by atoms with van der Waals surface area (Å²) in [4.78, 5) is 50.3. The molecule has 7 nitrogen and oxygen atoms in total. The lowest BCUT2D eigenvalue weighted by atomic mass is 10.0. The molecule has 30 heavy (non-hydrogen) atoms. The van der Waals surface area contributed by atoms with Crippen molar-refractivity contribution in [1.82, 2.24) is 15.5 Å². The molecule has 1 fully saturated rings. The van der Waals surface area contributed by atoms with Crippen LogP contribution >= 0.6 is 0 Å². The van der Waals surface area contributed by atoms with Crippen molar-refractivity contribution in [1.29, 1.82) is 0 Å². The Bertz CT molecular complexity index is 1070. The van der Waals surface area contributed by atoms with Gasteiger partial charge in [0.2, 0.25) is 11.8 Å². The minimum Gasteiger partial charge on any atom is -0.346 e. The van der Waals surface area contributed by atoms with Crippen molar-refractivity contribution < 1.29 is 23.6 Å². The van der Waals surface area contributed by atoms with Crippen molar-refractivity contribution in [2.45, 2.75) is 38.4 Å². The molecule has 2 N–H and O–H groups in total. The number of nitrogens with zero attached hydrogens (tertiary/aromatic N) is 1. The second-order valence-corrected chi connectivity index (χ2v) is 7.52. The molecule has 2 unspecified atom stereocenters. The van der Waals surface area contributed by atoms with Gasteiger partial charge in [0.15, 0.2) is 0 Å². The van der Waals surface area contributed by atoms with Crippen LogP contribution in [0.5, 0.6) is 0 Å². The number of carbonyl (C=O) groups is 4. The zero-order chi connectivity index (χ0) is 21.4. The Hall–Kier alpha value is -3.55. The van der Waals surface area contributed by atoms with Crippen LogP contribution in [0.1, 0.15) is 57.7 Å². The highest BCUT2D eigenvalue weighted by atomic mass is 19.1. The second-order valence-electron chi connectivity index (χ2n) is 7.52. The van der Waals surface area contributed by atoms with Crippen molar-refractivity contribution in [3.8, 4) is 0 Å². The van der Waals surface area contributed by atoms with Crippen LogP contribution in [0.25, 0.3) is 0 Å². The molecular formula is C22H20FN3O4. The molecule has 0 aliphatic carbocycles. The molecule has 2 heterocycles. The number of imide groups is 1. The van der Waals surface area contributed by atoms with Crippen LogP contribution < -0.4 is 10.6 Å². The Morgan fingerprint density at radius 1 is 1.20 bits per heavy atom. The summed E-state index contributed by atoms with van der Waals surface area (Å²) in [5.41, 5.74) is 2.10. The maximum absolute atomic E-state index is 13.4. The summed E-state index contributed by atoms with van der Waals surface area (Å²) in [6, 6.07) is 9.67. The van der Waals surface area contributed by atoms with Gasteiger partial charge < -0.3 is 10.2 Å². The zero-order valence-corrected chi connectivity index (χ0v) is 16.3. The molecule has 4 amide bonds. The van der Waals surface area contributed by atoms with E-state index in [1.165, 1.54) is 17.0 Å². The summed E-state index contributed by atoms with van der Waals surface area (Å²) in [6.45, 7) is 1.95. The van der Waals surface area contributed by atoms with Gasteiger partial charge in [-0.1, -0.05) is 12.1 Å². The predicted octanol–water partition coefficient (Wildman–Crippen LogP) is 2.08. The third kappa shape index (κ3) is 3.68. The van der Waals surface area contributed by atoms with Crippen molar-refractivity contribution in [2.24, 2.45) is 0 Å². The maximum atomic E-state index is 13.4. The Morgan fingerprint density at radius 2 is 2.00 bits per heavy atom. The van der Waals surface area contributed by atoms with Crippen molar-refractivity contribution in [3.05, 3.63) is 70.5 Å². The lowest BCUT2D eigenvalue weighted by Gasteiger charge is -2.29. The molecule has 4 rings (SSSR count). The van der Waals surface area contributed by atoms with E-state index in [1.54, 1.807) is 37.3 Å². The van der Waals surface area contributed by atoms with Gasteiger partial charge >= 0.3 is 0 Å². The highest BCUT2D eigenvalue weighted by molar-refractivity contribution is 6.06. The predicted molar refractivity (Wildman–Crippen MR) is 105 cm³/mol. The van der Waals surface area contributed by atoms with Crippen molar-refractivity contribution >= 4 is 23.6 Å².